The number of benzene rings is 2. The van der Waals surface area contributed by atoms with E-state index in [0.29, 0.717) is 23.0 Å². The van der Waals surface area contributed by atoms with Crippen molar-refractivity contribution in [3.05, 3.63) is 54.9 Å². The monoisotopic (exact) mass is 388 g/mol. The summed E-state index contributed by atoms with van der Waals surface area (Å²) in [4.78, 5) is 13.9. The van der Waals surface area contributed by atoms with Crippen LogP contribution in [0.4, 0.5) is 23.1 Å². The van der Waals surface area contributed by atoms with Gasteiger partial charge in [-0.1, -0.05) is 18.2 Å². The summed E-state index contributed by atoms with van der Waals surface area (Å²) >= 11 is 0. The molecule has 0 bridgehead atoms. The molecule has 0 saturated heterocycles. The molecule has 2 aromatic carbocycles. The van der Waals surface area contributed by atoms with Gasteiger partial charge in [0, 0.05) is 23.5 Å². The van der Waals surface area contributed by atoms with Crippen molar-refractivity contribution in [3.8, 4) is 11.5 Å². The van der Waals surface area contributed by atoms with Gasteiger partial charge in [0.05, 0.1) is 6.33 Å². The molecule has 0 fully saturated rings. The molecule has 1 aliphatic rings. The lowest BCUT2D eigenvalue weighted by Gasteiger charge is -2.12. The number of hydrogen-bond donors (Lipinski definition) is 2. The van der Waals surface area contributed by atoms with Gasteiger partial charge >= 0.3 is 0 Å². The molecular formula is C21H20N6O2. The second-order valence-electron chi connectivity index (χ2n) is 7.00. The molecule has 0 amide bonds. The van der Waals surface area contributed by atoms with Crippen LogP contribution in [-0.2, 0) is 0 Å². The molecule has 3 heterocycles. The Morgan fingerprint density at radius 1 is 0.931 bits per heavy atom. The Hall–Kier alpha value is -3.81. The van der Waals surface area contributed by atoms with E-state index in [1.54, 1.807) is 6.33 Å². The Labute approximate surface area is 167 Å². The zero-order chi connectivity index (χ0) is 19.8. The maximum absolute atomic E-state index is 5.48. The molecule has 0 saturated carbocycles. The van der Waals surface area contributed by atoms with Gasteiger partial charge in [-0.05, 0) is 38.1 Å². The standard InChI is InChI=1S/C21H20N6O2/c1-13(2)27-11-22-18-19(23-15-8-9-16-17(10-15)29-12-28-16)25-21(26-20(18)27)24-14-6-4-3-5-7-14/h3-11,13H,12H2,1-2H3,(H2,23,24,25,26). The highest BCUT2D eigenvalue weighted by molar-refractivity contribution is 5.87. The topological polar surface area (TPSA) is 86.1 Å². The molecule has 1 aliphatic heterocycles. The molecule has 8 heteroatoms. The van der Waals surface area contributed by atoms with Crippen LogP contribution >= 0.6 is 0 Å². The fraction of sp³-hybridized carbons (Fsp3) is 0.190. The summed E-state index contributed by atoms with van der Waals surface area (Å²) in [6.45, 7) is 4.43. The van der Waals surface area contributed by atoms with E-state index in [0.717, 1.165) is 22.8 Å². The maximum atomic E-state index is 5.48. The number of hydrogen-bond acceptors (Lipinski definition) is 7. The minimum Gasteiger partial charge on any atom is -0.454 e. The minimum absolute atomic E-state index is 0.220. The molecule has 0 radical (unpaired) electrons. The van der Waals surface area contributed by atoms with Gasteiger partial charge in [-0.2, -0.15) is 9.97 Å². The molecule has 0 atom stereocenters. The van der Waals surface area contributed by atoms with E-state index in [4.69, 9.17) is 14.5 Å². The zero-order valence-corrected chi connectivity index (χ0v) is 16.1. The minimum atomic E-state index is 0.220. The number of aromatic nitrogens is 4. The van der Waals surface area contributed by atoms with Crippen molar-refractivity contribution < 1.29 is 9.47 Å². The quantitative estimate of drug-likeness (QED) is 0.516. The second kappa shape index (κ2) is 6.97. The van der Waals surface area contributed by atoms with Crippen molar-refractivity contribution in [1.29, 1.82) is 0 Å². The Balaban J connectivity index is 1.57. The van der Waals surface area contributed by atoms with Gasteiger partial charge in [-0.15, -0.1) is 0 Å². The van der Waals surface area contributed by atoms with Crippen molar-refractivity contribution in [3.63, 3.8) is 0 Å². The summed E-state index contributed by atoms with van der Waals surface area (Å²) in [6, 6.07) is 15.7. The van der Waals surface area contributed by atoms with Crippen LogP contribution in [0, 0.1) is 0 Å². The van der Waals surface area contributed by atoms with Crippen LogP contribution in [0.2, 0.25) is 0 Å². The highest BCUT2D eigenvalue weighted by atomic mass is 16.7. The molecule has 8 nitrogen and oxygen atoms in total. The Bertz CT molecular complexity index is 1170. The summed E-state index contributed by atoms with van der Waals surface area (Å²) in [5, 5.41) is 6.62. The van der Waals surface area contributed by atoms with Crippen LogP contribution in [0.25, 0.3) is 11.2 Å². The van der Waals surface area contributed by atoms with Crippen molar-refractivity contribution in [2.24, 2.45) is 0 Å². The predicted octanol–water partition coefficient (Wildman–Crippen LogP) is 4.62. The van der Waals surface area contributed by atoms with Gasteiger partial charge in [0.15, 0.2) is 28.5 Å². The predicted molar refractivity (Wildman–Crippen MR) is 111 cm³/mol. The van der Waals surface area contributed by atoms with Crippen LogP contribution < -0.4 is 20.1 Å². The van der Waals surface area contributed by atoms with Gasteiger partial charge in [0.25, 0.3) is 0 Å². The first-order valence-corrected chi connectivity index (χ1v) is 9.41. The number of nitrogens with one attached hydrogen (secondary N) is 2. The van der Waals surface area contributed by atoms with Gasteiger partial charge in [-0.25, -0.2) is 4.98 Å². The summed E-state index contributed by atoms with van der Waals surface area (Å²) in [6.07, 6.45) is 1.79. The fourth-order valence-corrected chi connectivity index (χ4v) is 3.20. The summed E-state index contributed by atoms with van der Waals surface area (Å²) in [5.41, 5.74) is 3.21. The van der Waals surface area contributed by atoms with Crippen molar-refractivity contribution >= 4 is 34.3 Å². The van der Waals surface area contributed by atoms with Crippen LogP contribution in [0.5, 0.6) is 11.5 Å². The van der Waals surface area contributed by atoms with E-state index >= 15 is 0 Å². The first-order valence-electron chi connectivity index (χ1n) is 9.41. The zero-order valence-electron chi connectivity index (χ0n) is 16.1. The van der Waals surface area contributed by atoms with E-state index in [2.05, 4.69) is 34.4 Å². The Kier molecular flexibility index (Phi) is 4.16. The number of anilines is 4. The van der Waals surface area contributed by atoms with E-state index in [1.165, 1.54) is 0 Å². The molecule has 2 N–H and O–H groups in total. The van der Waals surface area contributed by atoms with E-state index in [1.807, 2.05) is 53.1 Å². The van der Waals surface area contributed by atoms with Crippen LogP contribution in [0.15, 0.2) is 54.9 Å². The van der Waals surface area contributed by atoms with Gasteiger partial charge in [0.1, 0.15) is 0 Å². The lowest BCUT2D eigenvalue weighted by Crippen LogP contribution is -2.05. The smallest absolute Gasteiger partial charge is 0.231 e. The number of para-hydroxylation sites is 1. The molecule has 2 aromatic heterocycles. The molecule has 146 valence electrons. The third-order valence-corrected chi connectivity index (χ3v) is 4.64. The SMILES string of the molecule is CC(C)n1cnc2c(Nc3ccc4c(c3)OCO4)nc(Nc3ccccc3)nc21. The number of ether oxygens (including phenoxy) is 2. The summed E-state index contributed by atoms with van der Waals surface area (Å²) in [7, 11) is 0. The average molecular weight is 388 g/mol. The number of imidazole rings is 1. The van der Waals surface area contributed by atoms with Crippen molar-refractivity contribution in [1.82, 2.24) is 19.5 Å². The molecule has 29 heavy (non-hydrogen) atoms. The maximum Gasteiger partial charge on any atom is 0.231 e. The van der Waals surface area contributed by atoms with Gasteiger partial charge in [-0.3, -0.25) is 0 Å². The van der Waals surface area contributed by atoms with E-state index < -0.39 is 0 Å². The Morgan fingerprint density at radius 3 is 2.59 bits per heavy atom. The lowest BCUT2D eigenvalue weighted by atomic mass is 10.2. The molecule has 0 aliphatic carbocycles. The number of fused-ring (bicyclic) bond motifs is 2. The highest BCUT2D eigenvalue weighted by Gasteiger charge is 2.17. The molecule has 0 spiro atoms. The number of nitrogens with zero attached hydrogens (tertiary/aromatic N) is 4. The van der Waals surface area contributed by atoms with Crippen molar-refractivity contribution in [2.75, 3.05) is 17.4 Å². The molecule has 5 rings (SSSR count). The average Bonchev–Trinajstić information content (AvgIpc) is 3.35. The summed E-state index contributed by atoms with van der Waals surface area (Å²) < 4.78 is 12.9. The third-order valence-electron chi connectivity index (χ3n) is 4.64. The van der Waals surface area contributed by atoms with E-state index in [-0.39, 0.29) is 12.8 Å². The van der Waals surface area contributed by atoms with Gasteiger partial charge < -0.3 is 24.7 Å². The third kappa shape index (κ3) is 3.29. The molecular weight excluding hydrogens is 368 g/mol. The van der Waals surface area contributed by atoms with Gasteiger partial charge in [0.2, 0.25) is 12.7 Å². The number of rotatable bonds is 5. The van der Waals surface area contributed by atoms with E-state index in [9.17, 15) is 0 Å². The van der Waals surface area contributed by atoms with Crippen LogP contribution in [-0.4, -0.2) is 26.3 Å². The molecule has 4 aromatic rings. The lowest BCUT2D eigenvalue weighted by molar-refractivity contribution is 0.174. The normalized spacial score (nSPS) is 12.5. The molecule has 0 unspecified atom stereocenters. The fourth-order valence-electron chi connectivity index (χ4n) is 3.20. The second-order valence-corrected chi connectivity index (χ2v) is 7.00. The van der Waals surface area contributed by atoms with Crippen LogP contribution in [0.1, 0.15) is 19.9 Å². The van der Waals surface area contributed by atoms with Crippen LogP contribution in [0.3, 0.4) is 0 Å². The highest BCUT2D eigenvalue weighted by Crippen LogP contribution is 2.36. The Morgan fingerprint density at radius 2 is 1.76 bits per heavy atom. The first kappa shape index (κ1) is 17.3. The van der Waals surface area contributed by atoms with Crippen molar-refractivity contribution in [2.45, 2.75) is 19.9 Å². The summed E-state index contributed by atoms with van der Waals surface area (Å²) in [5.74, 6) is 2.55. The first-order chi connectivity index (χ1) is 14.2. The largest absolute Gasteiger partial charge is 0.454 e.